The molecule has 1 aliphatic rings. The highest BCUT2D eigenvalue weighted by Crippen LogP contribution is 2.32. The summed E-state index contributed by atoms with van der Waals surface area (Å²) in [6.07, 6.45) is 0. The van der Waals surface area contributed by atoms with Crippen LogP contribution in [0.25, 0.3) is 0 Å². The molecule has 0 saturated heterocycles. The fourth-order valence-corrected chi connectivity index (χ4v) is 2.79. The summed E-state index contributed by atoms with van der Waals surface area (Å²) >= 11 is 0. The van der Waals surface area contributed by atoms with Crippen molar-refractivity contribution in [1.29, 1.82) is 0 Å². The summed E-state index contributed by atoms with van der Waals surface area (Å²) in [7, 11) is 1.65. The third kappa shape index (κ3) is 4.03. The number of aryl methyl sites for hydroxylation is 1. The van der Waals surface area contributed by atoms with Crippen molar-refractivity contribution >= 4 is 17.3 Å². The Morgan fingerprint density at radius 3 is 2.56 bits per heavy atom. The molecule has 2 N–H and O–H groups in total. The van der Waals surface area contributed by atoms with Crippen molar-refractivity contribution in [2.75, 3.05) is 24.5 Å². The van der Waals surface area contributed by atoms with Crippen molar-refractivity contribution in [3.63, 3.8) is 0 Å². The minimum absolute atomic E-state index is 0.276. The molecular formula is C20H20N4O3. The molecule has 1 aromatic heterocycles. The molecule has 0 aliphatic carbocycles. The molecule has 0 unspecified atom stereocenters. The summed E-state index contributed by atoms with van der Waals surface area (Å²) in [5.41, 5.74) is 2.01. The van der Waals surface area contributed by atoms with Crippen LogP contribution in [0.3, 0.4) is 0 Å². The molecule has 4 rings (SSSR count). The second-order valence-electron chi connectivity index (χ2n) is 6.08. The predicted octanol–water partition coefficient (Wildman–Crippen LogP) is 3.88. The summed E-state index contributed by atoms with van der Waals surface area (Å²) < 4.78 is 15.9. The maximum atomic E-state index is 5.42. The number of aromatic nitrogens is 2. The van der Waals surface area contributed by atoms with Crippen molar-refractivity contribution in [1.82, 2.24) is 9.97 Å². The lowest BCUT2D eigenvalue weighted by molar-refractivity contribution is 0.174. The van der Waals surface area contributed by atoms with E-state index in [1.807, 2.05) is 55.5 Å². The average molecular weight is 364 g/mol. The van der Waals surface area contributed by atoms with Gasteiger partial charge in [0.1, 0.15) is 23.2 Å². The van der Waals surface area contributed by atoms with E-state index < -0.39 is 0 Å². The molecular weight excluding hydrogens is 344 g/mol. The molecule has 2 heterocycles. The number of nitrogens with one attached hydrogen (secondary N) is 2. The lowest BCUT2D eigenvalue weighted by Crippen LogP contribution is -2.05. The van der Waals surface area contributed by atoms with E-state index in [-0.39, 0.29) is 6.79 Å². The lowest BCUT2D eigenvalue weighted by Gasteiger charge is -2.11. The molecule has 3 aromatic rings. The topological polar surface area (TPSA) is 77.5 Å². The quantitative estimate of drug-likeness (QED) is 0.687. The monoisotopic (exact) mass is 364 g/mol. The first-order valence-electron chi connectivity index (χ1n) is 8.59. The van der Waals surface area contributed by atoms with Gasteiger partial charge in [-0.05, 0) is 48.9 Å². The van der Waals surface area contributed by atoms with E-state index in [1.54, 1.807) is 7.11 Å². The Balaban J connectivity index is 1.45. The van der Waals surface area contributed by atoms with E-state index in [0.29, 0.717) is 12.4 Å². The molecule has 7 nitrogen and oxygen atoms in total. The number of fused-ring (bicyclic) bond motifs is 1. The number of nitrogens with zero attached hydrogens (tertiary/aromatic N) is 2. The zero-order valence-corrected chi connectivity index (χ0v) is 15.2. The summed E-state index contributed by atoms with van der Waals surface area (Å²) in [6.45, 7) is 2.76. The Morgan fingerprint density at radius 1 is 0.963 bits per heavy atom. The second-order valence-corrected chi connectivity index (χ2v) is 6.08. The Morgan fingerprint density at radius 2 is 1.74 bits per heavy atom. The average Bonchev–Trinajstić information content (AvgIpc) is 3.14. The van der Waals surface area contributed by atoms with E-state index in [9.17, 15) is 0 Å². The van der Waals surface area contributed by atoms with Gasteiger partial charge in [-0.25, -0.2) is 9.97 Å². The molecule has 7 heteroatoms. The number of methoxy groups -OCH3 is 1. The number of rotatable bonds is 6. The first-order valence-corrected chi connectivity index (χ1v) is 8.59. The molecule has 0 amide bonds. The predicted molar refractivity (Wildman–Crippen MR) is 103 cm³/mol. The van der Waals surface area contributed by atoms with Crippen LogP contribution in [-0.4, -0.2) is 23.9 Å². The number of ether oxygens (including phenoxy) is 3. The number of hydrogen-bond acceptors (Lipinski definition) is 7. The third-order valence-corrected chi connectivity index (χ3v) is 4.11. The van der Waals surface area contributed by atoms with E-state index in [1.165, 1.54) is 0 Å². The van der Waals surface area contributed by atoms with Gasteiger partial charge in [0.05, 0.1) is 7.11 Å². The van der Waals surface area contributed by atoms with Gasteiger partial charge in [-0.1, -0.05) is 6.07 Å². The van der Waals surface area contributed by atoms with Crippen molar-refractivity contribution in [2.45, 2.75) is 13.5 Å². The summed E-state index contributed by atoms with van der Waals surface area (Å²) in [5.74, 6) is 4.52. The molecule has 0 radical (unpaired) electrons. The molecule has 2 aromatic carbocycles. The van der Waals surface area contributed by atoms with E-state index in [4.69, 9.17) is 14.2 Å². The molecule has 0 bridgehead atoms. The number of benzene rings is 2. The Hall–Kier alpha value is -3.48. The zero-order chi connectivity index (χ0) is 18.6. The van der Waals surface area contributed by atoms with Crippen molar-refractivity contribution < 1.29 is 14.2 Å². The van der Waals surface area contributed by atoms with Crippen LogP contribution in [0.15, 0.2) is 48.5 Å². The molecule has 0 atom stereocenters. The number of hydrogen-bond donors (Lipinski definition) is 2. The molecule has 138 valence electrons. The van der Waals surface area contributed by atoms with Gasteiger partial charge in [0.2, 0.25) is 6.79 Å². The van der Waals surface area contributed by atoms with Crippen LogP contribution in [0, 0.1) is 6.92 Å². The van der Waals surface area contributed by atoms with E-state index in [0.717, 1.165) is 40.1 Å². The zero-order valence-electron chi connectivity index (χ0n) is 15.2. The summed E-state index contributed by atoms with van der Waals surface area (Å²) in [4.78, 5) is 8.90. The van der Waals surface area contributed by atoms with Gasteiger partial charge >= 0.3 is 0 Å². The third-order valence-electron chi connectivity index (χ3n) is 4.11. The normalized spacial score (nSPS) is 11.9. The van der Waals surface area contributed by atoms with Crippen LogP contribution in [-0.2, 0) is 6.54 Å². The number of anilines is 3. The van der Waals surface area contributed by atoms with Crippen LogP contribution >= 0.6 is 0 Å². The van der Waals surface area contributed by atoms with E-state index in [2.05, 4.69) is 20.6 Å². The van der Waals surface area contributed by atoms with Crippen LogP contribution in [0.4, 0.5) is 17.3 Å². The first-order chi connectivity index (χ1) is 13.2. The fraction of sp³-hybridized carbons (Fsp3) is 0.200. The largest absolute Gasteiger partial charge is 0.497 e. The molecule has 0 fully saturated rings. The SMILES string of the molecule is COc1ccc(Nc2cc(NCc3ccc4c(c3)OCO4)nc(C)n2)cc1. The minimum Gasteiger partial charge on any atom is -0.497 e. The Bertz CT molecular complexity index is 944. The minimum atomic E-state index is 0.276. The molecule has 0 saturated carbocycles. The molecule has 1 aliphatic heterocycles. The van der Waals surface area contributed by atoms with Gasteiger partial charge in [0.15, 0.2) is 11.5 Å². The standard InChI is InChI=1S/C20H20N4O3/c1-13-22-19(21-11-14-3-8-17-18(9-14)27-12-26-17)10-20(23-13)24-15-4-6-16(25-2)7-5-15/h3-10H,11-12H2,1-2H3,(H2,21,22,23,24). The van der Waals surface area contributed by atoms with Crippen LogP contribution in [0.2, 0.25) is 0 Å². The summed E-state index contributed by atoms with van der Waals surface area (Å²) in [5, 5.41) is 6.62. The first kappa shape index (κ1) is 17.0. The smallest absolute Gasteiger partial charge is 0.231 e. The van der Waals surface area contributed by atoms with Gasteiger partial charge in [-0.15, -0.1) is 0 Å². The molecule has 27 heavy (non-hydrogen) atoms. The van der Waals surface area contributed by atoms with Gasteiger partial charge in [-0.2, -0.15) is 0 Å². The van der Waals surface area contributed by atoms with E-state index >= 15 is 0 Å². The van der Waals surface area contributed by atoms with Gasteiger partial charge in [0, 0.05) is 18.3 Å². The lowest BCUT2D eigenvalue weighted by atomic mass is 10.2. The second kappa shape index (κ2) is 7.41. The highest BCUT2D eigenvalue weighted by atomic mass is 16.7. The molecule has 0 spiro atoms. The van der Waals surface area contributed by atoms with Gasteiger partial charge in [0.25, 0.3) is 0 Å². The summed E-state index contributed by atoms with van der Waals surface area (Å²) in [6, 6.07) is 15.5. The fourth-order valence-electron chi connectivity index (χ4n) is 2.79. The highest BCUT2D eigenvalue weighted by molar-refractivity contribution is 5.60. The maximum Gasteiger partial charge on any atom is 0.231 e. The highest BCUT2D eigenvalue weighted by Gasteiger charge is 2.13. The maximum absolute atomic E-state index is 5.42. The Labute approximate surface area is 157 Å². The van der Waals surface area contributed by atoms with Gasteiger partial charge in [-0.3, -0.25) is 0 Å². The van der Waals surface area contributed by atoms with Crippen LogP contribution < -0.4 is 24.8 Å². The van der Waals surface area contributed by atoms with Gasteiger partial charge < -0.3 is 24.8 Å². The van der Waals surface area contributed by atoms with Crippen molar-refractivity contribution in [2.24, 2.45) is 0 Å². The van der Waals surface area contributed by atoms with Crippen LogP contribution in [0.1, 0.15) is 11.4 Å². The Kier molecular flexibility index (Phi) is 4.65. The van der Waals surface area contributed by atoms with Crippen molar-refractivity contribution in [3.8, 4) is 17.2 Å². The van der Waals surface area contributed by atoms with Crippen molar-refractivity contribution in [3.05, 3.63) is 59.9 Å². The van der Waals surface area contributed by atoms with Crippen LogP contribution in [0.5, 0.6) is 17.2 Å².